The smallest absolute Gasteiger partial charge is 0.188 e. The third kappa shape index (κ3) is 8.58. The normalized spacial score (nSPS) is 12.8. The first-order valence-corrected chi connectivity index (χ1v) is 7.90. The van der Waals surface area contributed by atoms with Crippen LogP contribution in [0.25, 0.3) is 0 Å². The molecule has 0 fully saturated rings. The van der Waals surface area contributed by atoms with E-state index in [0.717, 1.165) is 13.0 Å². The van der Waals surface area contributed by atoms with Gasteiger partial charge in [0.1, 0.15) is 0 Å². The van der Waals surface area contributed by atoms with E-state index in [0.29, 0.717) is 12.5 Å². The average molecular weight is 418 g/mol. The minimum Gasteiger partial charge on any atom is -0.370 e. The number of halogens is 1. The average Bonchev–Trinajstić information content (AvgIpc) is 2.48. The lowest BCUT2D eigenvalue weighted by atomic mass is 10.1. The van der Waals surface area contributed by atoms with E-state index in [-0.39, 0.29) is 30.0 Å². The predicted molar refractivity (Wildman–Crippen MR) is 107 cm³/mol. The molecule has 22 heavy (non-hydrogen) atoms. The van der Waals surface area contributed by atoms with Crippen LogP contribution in [0.1, 0.15) is 44.2 Å². The van der Waals surface area contributed by atoms with E-state index in [9.17, 15) is 0 Å². The van der Waals surface area contributed by atoms with E-state index in [4.69, 9.17) is 5.73 Å². The zero-order valence-electron chi connectivity index (χ0n) is 14.1. The van der Waals surface area contributed by atoms with E-state index >= 15 is 0 Å². The van der Waals surface area contributed by atoms with Crippen LogP contribution < -0.4 is 11.1 Å². The lowest BCUT2D eigenvalue weighted by molar-refractivity contribution is 0.306. The van der Waals surface area contributed by atoms with Crippen LogP contribution in [0, 0.1) is 0 Å². The van der Waals surface area contributed by atoms with Gasteiger partial charge in [-0.25, -0.2) is 0 Å². The number of nitrogens with zero attached hydrogens (tertiary/aromatic N) is 2. The Morgan fingerprint density at radius 1 is 1.18 bits per heavy atom. The minimum absolute atomic E-state index is 0. The molecule has 1 unspecified atom stereocenters. The Morgan fingerprint density at radius 2 is 1.86 bits per heavy atom. The number of hydrogen-bond acceptors (Lipinski definition) is 2. The topological polar surface area (TPSA) is 53.6 Å². The molecule has 0 aromatic heterocycles. The van der Waals surface area contributed by atoms with Crippen LogP contribution in [0.5, 0.6) is 0 Å². The van der Waals surface area contributed by atoms with Crippen molar-refractivity contribution in [1.29, 1.82) is 0 Å². The molecule has 1 aromatic rings. The van der Waals surface area contributed by atoms with Gasteiger partial charge in [-0.05, 0) is 26.1 Å². The Hall–Kier alpha value is -0.820. The summed E-state index contributed by atoms with van der Waals surface area (Å²) < 4.78 is 0. The first-order valence-electron chi connectivity index (χ1n) is 7.90. The SMILES string of the molecule is CCCCCCNC(N)=NCC(c1ccccc1)N(C)C.I. The van der Waals surface area contributed by atoms with Gasteiger partial charge in [0.05, 0.1) is 12.6 Å². The molecule has 0 radical (unpaired) electrons. The third-order valence-electron chi connectivity index (χ3n) is 3.58. The largest absolute Gasteiger partial charge is 0.370 e. The highest BCUT2D eigenvalue weighted by molar-refractivity contribution is 14.0. The van der Waals surface area contributed by atoms with Crippen molar-refractivity contribution in [3.8, 4) is 0 Å². The van der Waals surface area contributed by atoms with Crippen LogP contribution in [0.4, 0.5) is 0 Å². The molecule has 0 aliphatic heterocycles. The number of nitrogens with one attached hydrogen (secondary N) is 1. The molecule has 1 rings (SSSR count). The second-order valence-electron chi connectivity index (χ2n) is 5.60. The van der Waals surface area contributed by atoms with E-state index in [1.165, 1.54) is 24.8 Å². The van der Waals surface area contributed by atoms with Gasteiger partial charge >= 0.3 is 0 Å². The second-order valence-corrected chi connectivity index (χ2v) is 5.60. The van der Waals surface area contributed by atoms with E-state index in [1.807, 2.05) is 6.07 Å². The number of likely N-dealkylation sites (N-methyl/N-ethyl adjacent to an activating group) is 1. The van der Waals surface area contributed by atoms with Crippen LogP contribution in [-0.2, 0) is 0 Å². The van der Waals surface area contributed by atoms with Crippen LogP contribution in [0.3, 0.4) is 0 Å². The maximum absolute atomic E-state index is 5.94. The Morgan fingerprint density at radius 3 is 2.45 bits per heavy atom. The van der Waals surface area contributed by atoms with Gasteiger partial charge in [-0.3, -0.25) is 4.99 Å². The number of unbranched alkanes of at least 4 members (excludes halogenated alkanes) is 3. The summed E-state index contributed by atoms with van der Waals surface area (Å²) in [5.74, 6) is 0.550. The lowest BCUT2D eigenvalue weighted by Gasteiger charge is -2.23. The number of benzene rings is 1. The highest BCUT2D eigenvalue weighted by atomic mass is 127. The van der Waals surface area contributed by atoms with Crippen LogP contribution in [0.15, 0.2) is 35.3 Å². The van der Waals surface area contributed by atoms with E-state index in [1.54, 1.807) is 0 Å². The molecule has 0 amide bonds. The quantitative estimate of drug-likeness (QED) is 0.280. The van der Waals surface area contributed by atoms with Crippen molar-refractivity contribution in [2.24, 2.45) is 10.7 Å². The predicted octanol–water partition coefficient (Wildman–Crippen LogP) is 3.39. The second kappa shape index (κ2) is 12.7. The number of rotatable bonds is 9. The van der Waals surface area contributed by atoms with Crippen molar-refractivity contribution < 1.29 is 0 Å². The Bertz CT molecular complexity index is 406. The molecular weight excluding hydrogens is 387 g/mol. The zero-order valence-corrected chi connectivity index (χ0v) is 16.4. The summed E-state index contributed by atoms with van der Waals surface area (Å²) in [4.78, 5) is 6.66. The summed E-state index contributed by atoms with van der Waals surface area (Å²) >= 11 is 0. The number of aliphatic imine (C=N–C) groups is 1. The highest BCUT2D eigenvalue weighted by Gasteiger charge is 2.12. The summed E-state index contributed by atoms with van der Waals surface area (Å²) in [5, 5.41) is 3.20. The van der Waals surface area contributed by atoms with Crippen molar-refractivity contribution in [2.45, 2.75) is 38.6 Å². The molecule has 5 heteroatoms. The Balaban J connectivity index is 0.00000441. The van der Waals surface area contributed by atoms with Crippen molar-refractivity contribution in [1.82, 2.24) is 10.2 Å². The lowest BCUT2D eigenvalue weighted by Crippen LogP contribution is -2.33. The summed E-state index contributed by atoms with van der Waals surface area (Å²) in [5.41, 5.74) is 7.20. The molecule has 0 aliphatic rings. The molecule has 0 spiro atoms. The first-order chi connectivity index (χ1) is 10.1. The Labute approximate surface area is 152 Å². The summed E-state index contributed by atoms with van der Waals surface area (Å²) in [6.07, 6.45) is 4.95. The molecule has 0 bridgehead atoms. The highest BCUT2D eigenvalue weighted by Crippen LogP contribution is 2.17. The molecule has 4 nitrogen and oxygen atoms in total. The Kier molecular flexibility index (Phi) is 12.2. The number of hydrogen-bond donors (Lipinski definition) is 2. The van der Waals surface area contributed by atoms with Gasteiger partial charge in [0, 0.05) is 6.54 Å². The van der Waals surface area contributed by atoms with Crippen molar-refractivity contribution in [3.05, 3.63) is 35.9 Å². The first kappa shape index (κ1) is 21.2. The molecule has 126 valence electrons. The van der Waals surface area contributed by atoms with Gasteiger partial charge in [0.2, 0.25) is 0 Å². The van der Waals surface area contributed by atoms with Gasteiger partial charge in [0.15, 0.2) is 5.96 Å². The molecular formula is C17H31IN4. The molecule has 0 saturated carbocycles. The van der Waals surface area contributed by atoms with Gasteiger partial charge < -0.3 is 16.0 Å². The summed E-state index contributed by atoms with van der Waals surface area (Å²) in [6.45, 7) is 3.80. The molecule has 0 saturated heterocycles. The van der Waals surface area contributed by atoms with Gasteiger partial charge in [-0.1, -0.05) is 56.5 Å². The summed E-state index contributed by atoms with van der Waals surface area (Å²) in [6, 6.07) is 10.7. The van der Waals surface area contributed by atoms with E-state index < -0.39 is 0 Å². The van der Waals surface area contributed by atoms with Gasteiger partial charge in [0.25, 0.3) is 0 Å². The fraction of sp³-hybridized carbons (Fsp3) is 0.588. The molecule has 1 aromatic carbocycles. The fourth-order valence-corrected chi connectivity index (χ4v) is 2.25. The molecule has 3 N–H and O–H groups in total. The monoisotopic (exact) mass is 418 g/mol. The van der Waals surface area contributed by atoms with Crippen molar-refractivity contribution >= 4 is 29.9 Å². The van der Waals surface area contributed by atoms with Crippen LogP contribution >= 0.6 is 24.0 Å². The van der Waals surface area contributed by atoms with Gasteiger partial charge in [-0.2, -0.15) is 0 Å². The number of nitrogens with two attached hydrogens (primary N) is 1. The maximum Gasteiger partial charge on any atom is 0.188 e. The van der Waals surface area contributed by atoms with E-state index in [2.05, 4.69) is 60.5 Å². The van der Waals surface area contributed by atoms with Crippen molar-refractivity contribution in [3.63, 3.8) is 0 Å². The fourth-order valence-electron chi connectivity index (χ4n) is 2.25. The van der Waals surface area contributed by atoms with Crippen LogP contribution in [0.2, 0.25) is 0 Å². The molecule has 0 aliphatic carbocycles. The summed E-state index contributed by atoms with van der Waals surface area (Å²) in [7, 11) is 4.14. The zero-order chi connectivity index (χ0) is 15.5. The maximum atomic E-state index is 5.94. The molecule has 1 atom stereocenters. The van der Waals surface area contributed by atoms with Crippen molar-refractivity contribution in [2.75, 3.05) is 27.2 Å². The minimum atomic E-state index is 0. The number of guanidine groups is 1. The van der Waals surface area contributed by atoms with Gasteiger partial charge in [-0.15, -0.1) is 24.0 Å². The molecule has 0 heterocycles. The standard InChI is InChI=1S/C17H30N4.HI/c1-4-5-6-10-13-19-17(18)20-14-16(21(2)3)15-11-8-7-9-12-15;/h7-9,11-12,16H,4-6,10,13-14H2,1-3H3,(H3,18,19,20);1H. The van der Waals surface area contributed by atoms with Crippen LogP contribution in [-0.4, -0.2) is 38.0 Å². The third-order valence-corrected chi connectivity index (χ3v) is 3.58.